The van der Waals surface area contributed by atoms with Gasteiger partial charge in [-0.2, -0.15) is 0 Å². The molecule has 0 saturated carbocycles. The van der Waals surface area contributed by atoms with Crippen molar-refractivity contribution >= 4 is 12.0 Å². The predicted molar refractivity (Wildman–Crippen MR) is 64.5 cm³/mol. The number of imidazole rings is 1. The van der Waals surface area contributed by atoms with E-state index >= 15 is 0 Å². The summed E-state index contributed by atoms with van der Waals surface area (Å²) in [6, 6.07) is 0. The second kappa shape index (κ2) is 9.34. The fraction of sp³-hybridized carbons (Fsp3) is 0.455. The van der Waals surface area contributed by atoms with E-state index in [0.29, 0.717) is 5.69 Å². The number of rotatable bonds is 4. The van der Waals surface area contributed by atoms with E-state index < -0.39 is 5.97 Å². The number of aliphatic hydroxyl groups is 1. The molecular formula is C11H20N3O4-. The number of aliphatic carboxylic acids is 1. The van der Waals surface area contributed by atoms with E-state index in [1.807, 2.05) is 0 Å². The van der Waals surface area contributed by atoms with Crippen molar-refractivity contribution in [2.75, 3.05) is 34.3 Å². The lowest BCUT2D eigenvalue weighted by Crippen LogP contribution is -2.36. The minimum atomic E-state index is -1.21. The summed E-state index contributed by atoms with van der Waals surface area (Å²) in [5, 5.41) is 18.2. The first-order valence-corrected chi connectivity index (χ1v) is 5.14. The highest BCUT2D eigenvalue weighted by Gasteiger charge is 2.02. The van der Waals surface area contributed by atoms with Gasteiger partial charge in [-0.25, -0.2) is 4.98 Å². The number of nitrogens with one attached hydrogen (secondary N) is 1. The zero-order valence-corrected chi connectivity index (χ0v) is 10.8. The van der Waals surface area contributed by atoms with Crippen LogP contribution < -0.4 is 5.11 Å². The molecule has 1 aromatic heterocycles. The monoisotopic (exact) mass is 258 g/mol. The average Bonchev–Trinajstić information content (AvgIpc) is 2.66. The number of carbonyl (C=O) groups excluding carboxylic acids is 1. The number of likely N-dealkylation sites (N-methyl/N-ethyl adjacent to an activating group) is 1. The van der Waals surface area contributed by atoms with Crippen molar-refractivity contribution in [3.05, 3.63) is 24.3 Å². The van der Waals surface area contributed by atoms with Gasteiger partial charge in [0.1, 0.15) is 6.54 Å². The van der Waals surface area contributed by atoms with Crippen molar-refractivity contribution in [1.82, 2.24) is 9.97 Å². The summed E-state index contributed by atoms with van der Waals surface area (Å²) in [5.74, 6) is -1.21. The Morgan fingerprint density at radius 1 is 1.56 bits per heavy atom. The van der Waals surface area contributed by atoms with E-state index in [-0.39, 0.29) is 12.1 Å². The molecule has 0 aromatic carbocycles. The van der Waals surface area contributed by atoms with Crippen molar-refractivity contribution in [2.45, 2.75) is 0 Å². The Labute approximate surface area is 106 Å². The number of aromatic nitrogens is 2. The second-order valence-electron chi connectivity index (χ2n) is 4.40. The first-order valence-electron chi connectivity index (χ1n) is 5.14. The Hall–Kier alpha value is -1.70. The second-order valence-corrected chi connectivity index (χ2v) is 4.40. The highest BCUT2D eigenvalue weighted by Crippen LogP contribution is 1.92. The molecule has 7 heteroatoms. The van der Waals surface area contributed by atoms with Crippen LogP contribution in [-0.4, -0.2) is 65.3 Å². The van der Waals surface area contributed by atoms with Crippen molar-refractivity contribution in [1.29, 1.82) is 0 Å². The van der Waals surface area contributed by atoms with Crippen LogP contribution in [0.1, 0.15) is 5.69 Å². The lowest BCUT2D eigenvalue weighted by Gasteiger charge is -2.21. The normalized spacial score (nSPS) is 10.4. The van der Waals surface area contributed by atoms with Crippen molar-refractivity contribution in [3.8, 4) is 0 Å². The molecule has 0 unspecified atom stereocenters. The SMILES string of the molecule is C[N+](C)(C)CCO.O=C([O-])/C=C/c1cnc[nH]1.[OH-]. The first-order chi connectivity index (χ1) is 7.85. The van der Waals surface area contributed by atoms with Crippen LogP contribution in [0.15, 0.2) is 18.6 Å². The number of hydrogen-bond acceptors (Lipinski definition) is 5. The fourth-order valence-electron chi connectivity index (χ4n) is 0.816. The number of carboxylic acids is 1. The Bertz CT molecular complexity index is 342. The van der Waals surface area contributed by atoms with Crippen LogP contribution in [0, 0.1) is 0 Å². The zero-order valence-electron chi connectivity index (χ0n) is 10.8. The molecular weight excluding hydrogens is 238 g/mol. The van der Waals surface area contributed by atoms with Gasteiger partial charge in [-0.15, -0.1) is 0 Å². The van der Waals surface area contributed by atoms with E-state index in [0.717, 1.165) is 17.1 Å². The van der Waals surface area contributed by atoms with Gasteiger partial charge in [0.15, 0.2) is 0 Å². The molecule has 0 amide bonds. The van der Waals surface area contributed by atoms with Gasteiger partial charge < -0.3 is 30.0 Å². The van der Waals surface area contributed by atoms with Crippen molar-refractivity contribution < 1.29 is 25.0 Å². The van der Waals surface area contributed by atoms with E-state index in [9.17, 15) is 9.90 Å². The van der Waals surface area contributed by atoms with Gasteiger partial charge in [0, 0.05) is 0 Å². The molecule has 3 N–H and O–H groups in total. The quantitative estimate of drug-likeness (QED) is 0.513. The summed E-state index contributed by atoms with van der Waals surface area (Å²) < 4.78 is 0.844. The van der Waals surface area contributed by atoms with Crippen LogP contribution in [0.25, 0.3) is 6.08 Å². The molecule has 1 heterocycles. The molecule has 0 fully saturated rings. The van der Waals surface area contributed by atoms with Crippen LogP contribution >= 0.6 is 0 Å². The van der Waals surface area contributed by atoms with Crippen molar-refractivity contribution in [2.24, 2.45) is 0 Å². The summed E-state index contributed by atoms with van der Waals surface area (Å²) >= 11 is 0. The number of H-pyrrole nitrogens is 1. The van der Waals surface area contributed by atoms with Gasteiger partial charge in [0.05, 0.1) is 51.9 Å². The number of hydrogen-bond donors (Lipinski definition) is 2. The van der Waals surface area contributed by atoms with Gasteiger partial charge >= 0.3 is 0 Å². The lowest BCUT2D eigenvalue weighted by molar-refractivity contribution is -0.870. The topological polar surface area (TPSA) is 119 Å². The lowest BCUT2D eigenvalue weighted by atomic mass is 10.4. The van der Waals surface area contributed by atoms with Crippen LogP contribution in [-0.2, 0) is 4.79 Å². The molecule has 0 aliphatic heterocycles. The highest BCUT2D eigenvalue weighted by atomic mass is 16.4. The first kappa shape index (κ1) is 18.7. The van der Waals surface area contributed by atoms with Crippen LogP contribution in [0.2, 0.25) is 0 Å². The van der Waals surface area contributed by atoms with Crippen LogP contribution in [0.3, 0.4) is 0 Å². The smallest absolute Gasteiger partial charge is 0.101 e. The van der Waals surface area contributed by atoms with E-state index in [1.165, 1.54) is 18.6 Å². The molecule has 0 spiro atoms. The van der Waals surface area contributed by atoms with Gasteiger partial charge in [-0.1, -0.05) is 0 Å². The predicted octanol–water partition coefficient (Wildman–Crippen LogP) is -1.32. The number of nitrogens with zero attached hydrogens (tertiary/aromatic N) is 2. The van der Waals surface area contributed by atoms with E-state index in [1.54, 1.807) is 0 Å². The Kier molecular flexibility index (Phi) is 9.68. The standard InChI is InChI=1S/C6H6N2O2.C5H14NO.H2O/c9-6(10)2-1-5-3-7-4-8-5;1-6(2,3)4-5-7;/h1-4H,(H,7,8)(H,9,10);7H,4-5H2,1-3H3;1H2/q;+1;/p-2/b2-1+;;. The molecule has 1 aromatic rings. The summed E-state index contributed by atoms with van der Waals surface area (Å²) in [5.41, 5.74) is 0.643. The number of carbonyl (C=O) groups is 1. The third-order valence-electron chi connectivity index (χ3n) is 1.69. The summed E-state index contributed by atoms with van der Waals surface area (Å²) in [6.45, 7) is 1.11. The molecule has 0 saturated heterocycles. The third kappa shape index (κ3) is 12.4. The highest BCUT2D eigenvalue weighted by molar-refractivity contribution is 5.82. The largest absolute Gasteiger partial charge is 0.870 e. The Morgan fingerprint density at radius 3 is 2.44 bits per heavy atom. The number of carboxylic acid groups (broad SMARTS) is 1. The third-order valence-corrected chi connectivity index (χ3v) is 1.69. The molecule has 7 nitrogen and oxygen atoms in total. The minimum Gasteiger partial charge on any atom is -0.870 e. The van der Waals surface area contributed by atoms with Gasteiger partial charge in [-0.05, 0) is 12.2 Å². The van der Waals surface area contributed by atoms with Gasteiger partial charge in [-0.3, -0.25) is 0 Å². The zero-order chi connectivity index (χ0) is 13.3. The number of aromatic amines is 1. The molecule has 18 heavy (non-hydrogen) atoms. The summed E-state index contributed by atoms with van der Waals surface area (Å²) in [4.78, 5) is 16.2. The van der Waals surface area contributed by atoms with Crippen molar-refractivity contribution in [3.63, 3.8) is 0 Å². The Balaban J connectivity index is 0. The van der Waals surface area contributed by atoms with Crippen LogP contribution in [0.4, 0.5) is 0 Å². The fourth-order valence-corrected chi connectivity index (χ4v) is 0.816. The van der Waals surface area contributed by atoms with Gasteiger partial charge in [0.2, 0.25) is 0 Å². The molecule has 0 radical (unpaired) electrons. The van der Waals surface area contributed by atoms with E-state index in [4.69, 9.17) is 5.11 Å². The van der Waals surface area contributed by atoms with Gasteiger partial charge in [0.25, 0.3) is 0 Å². The number of aliphatic hydroxyl groups excluding tert-OH is 1. The summed E-state index contributed by atoms with van der Waals surface area (Å²) in [6.07, 6.45) is 5.30. The molecule has 0 atom stereocenters. The minimum absolute atomic E-state index is 0. The maximum Gasteiger partial charge on any atom is 0.101 e. The molecule has 0 aliphatic carbocycles. The molecule has 1 rings (SSSR count). The average molecular weight is 258 g/mol. The molecule has 0 bridgehead atoms. The molecule has 0 aliphatic rings. The maximum atomic E-state index is 9.86. The number of quaternary nitrogens is 1. The summed E-state index contributed by atoms with van der Waals surface area (Å²) in [7, 11) is 6.16. The van der Waals surface area contributed by atoms with Crippen LogP contribution in [0.5, 0.6) is 0 Å². The maximum absolute atomic E-state index is 9.86. The van der Waals surface area contributed by atoms with E-state index in [2.05, 4.69) is 31.1 Å². The molecule has 104 valence electrons. The Morgan fingerprint density at radius 2 is 2.17 bits per heavy atom.